The van der Waals surface area contributed by atoms with Crippen LogP contribution in [0.1, 0.15) is 54.7 Å². The van der Waals surface area contributed by atoms with Crippen molar-refractivity contribution in [2.75, 3.05) is 0 Å². The quantitative estimate of drug-likeness (QED) is 0.539. The summed E-state index contributed by atoms with van der Waals surface area (Å²) in [5.74, 6) is 0.404. The SMILES string of the molecule is [2H]C(C)(C1CCCC1)C(C)(C)C. The molecule has 0 nitrogen and oxygen atoms in total. The average Bonchev–Trinajstić information content (AvgIpc) is 2.34. The van der Waals surface area contributed by atoms with Gasteiger partial charge in [-0.25, -0.2) is 0 Å². The van der Waals surface area contributed by atoms with Gasteiger partial charge in [-0.3, -0.25) is 0 Å². The lowest BCUT2D eigenvalue weighted by Gasteiger charge is -2.32. The van der Waals surface area contributed by atoms with Crippen LogP contribution in [-0.2, 0) is 0 Å². The van der Waals surface area contributed by atoms with Gasteiger partial charge in [0.05, 0.1) is 0 Å². The van der Waals surface area contributed by atoms with Crippen LogP contribution in [0.3, 0.4) is 0 Å². The van der Waals surface area contributed by atoms with E-state index in [1.54, 1.807) is 0 Å². The molecule has 0 spiro atoms. The molecule has 11 heavy (non-hydrogen) atoms. The minimum atomic E-state index is -0.233. The van der Waals surface area contributed by atoms with E-state index in [2.05, 4.69) is 27.7 Å². The Balaban J connectivity index is 2.69. The van der Waals surface area contributed by atoms with E-state index in [4.69, 9.17) is 1.37 Å². The van der Waals surface area contributed by atoms with E-state index in [0.717, 1.165) is 0 Å². The molecule has 1 rings (SSSR count). The Kier molecular flexibility index (Phi) is 2.20. The number of hydrogen-bond donors (Lipinski definition) is 0. The van der Waals surface area contributed by atoms with Crippen LogP contribution in [0, 0.1) is 17.2 Å². The Morgan fingerprint density at radius 1 is 1.27 bits per heavy atom. The molecule has 0 aliphatic heterocycles. The standard InChI is InChI=1S/C11H22/c1-9(11(2,3)4)10-7-5-6-8-10/h9-10H,5-8H2,1-4H3/i9D. The van der Waals surface area contributed by atoms with Crippen molar-refractivity contribution < 1.29 is 1.37 Å². The molecule has 1 atom stereocenters. The van der Waals surface area contributed by atoms with Gasteiger partial charge in [-0.05, 0) is 17.2 Å². The molecule has 0 amide bonds. The van der Waals surface area contributed by atoms with Crippen LogP contribution in [0.2, 0.25) is 0 Å². The maximum absolute atomic E-state index is 8.37. The van der Waals surface area contributed by atoms with Crippen molar-refractivity contribution in [3.05, 3.63) is 0 Å². The highest BCUT2D eigenvalue weighted by Crippen LogP contribution is 2.40. The van der Waals surface area contributed by atoms with Crippen LogP contribution in [0.4, 0.5) is 0 Å². The van der Waals surface area contributed by atoms with E-state index in [1.165, 1.54) is 25.7 Å². The molecule has 0 radical (unpaired) electrons. The van der Waals surface area contributed by atoms with Gasteiger partial charge < -0.3 is 0 Å². The average molecular weight is 155 g/mol. The first-order chi connectivity index (χ1) is 5.36. The molecule has 0 aromatic carbocycles. The lowest BCUT2D eigenvalue weighted by Crippen LogP contribution is -2.23. The largest absolute Gasteiger partial charge is 0.0617 e. The lowest BCUT2D eigenvalue weighted by molar-refractivity contribution is 0.179. The van der Waals surface area contributed by atoms with Crippen molar-refractivity contribution >= 4 is 0 Å². The Labute approximate surface area is 72.8 Å². The van der Waals surface area contributed by atoms with Gasteiger partial charge in [0.15, 0.2) is 0 Å². The molecule has 0 heteroatoms. The van der Waals surface area contributed by atoms with E-state index in [1.807, 2.05) is 0 Å². The van der Waals surface area contributed by atoms with Gasteiger partial charge in [0.2, 0.25) is 0 Å². The molecule has 1 fully saturated rings. The molecule has 1 saturated carbocycles. The first kappa shape index (κ1) is 7.64. The Bertz CT molecular complexity index is 147. The second-order valence-electron chi connectivity index (χ2n) is 4.91. The van der Waals surface area contributed by atoms with Crippen molar-refractivity contribution in [3.63, 3.8) is 0 Å². The third-order valence-electron chi connectivity index (χ3n) is 3.15. The highest BCUT2D eigenvalue weighted by Gasteiger charge is 2.29. The predicted molar refractivity (Wildman–Crippen MR) is 50.6 cm³/mol. The molecule has 1 unspecified atom stereocenters. The summed E-state index contributed by atoms with van der Waals surface area (Å²) in [6, 6.07) is 0. The minimum Gasteiger partial charge on any atom is -0.0617 e. The molecule has 0 bridgehead atoms. The van der Waals surface area contributed by atoms with Crippen LogP contribution >= 0.6 is 0 Å². The second kappa shape index (κ2) is 3.16. The molecular formula is C11H22. The van der Waals surface area contributed by atoms with Crippen LogP contribution in [0.25, 0.3) is 0 Å². The Hall–Kier alpha value is 0. The van der Waals surface area contributed by atoms with E-state index in [-0.39, 0.29) is 11.3 Å². The maximum atomic E-state index is 8.37. The normalized spacial score (nSPS) is 28.2. The Morgan fingerprint density at radius 3 is 2.09 bits per heavy atom. The smallest absolute Gasteiger partial charge is 0.0308 e. The summed E-state index contributed by atoms with van der Waals surface area (Å²) >= 11 is 0. The molecule has 0 aromatic rings. The van der Waals surface area contributed by atoms with Crippen molar-refractivity contribution in [2.45, 2.75) is 53.4 Å². The highest BCUT2D eigenvalue weighted by atomic mass is 14.3. The summed E-state index contributed by atoms with van der Waals surface area (Å²) in [6.07, 6.45) is 5.24. The molecular weight excluding hydrogens is 132 g/mol. The van der Waals surface area contributed by atoms with Crippen molar-refractivity contribution in [2.24, 2.45) is 17.2 Å². The van der Waals surface area contributed by atoms with Crippen molar-refractivity contribution in [1.82, 2.24) is 0 Å². The van der Waals surface area contributed by atoms with Gasteiger partial charge in [0.1, 0.15) is 0 Å². The zero-order chi connectivity index (χ0) is 9.41. The topological polar surface area (TPSA) is 0 Å². The highest BCUT2D eigenvalue weighted by molar-refractivity contribution is 4.80. The van der Waals surface area contributed by atoms with Crippen LogP contribution in [-0.4, -0.2) is 0 Å². The number of hydrogen-bond acceptors (Lipinski definition) is 0. The third-order valence-corrected chi connectivity index (χ3v) is 3.15. The molecule has 0 N–H and O–H groups in total. The van der Waals surface area contributed by atoms with Gasteiger partial charge in [-0.2, -0.15) is 0 Å². The Morgan fingerprint density at radius 2 is 1.73 bits per heavy atom. The fraction of sp³-hybridized carbons (Fsp3) is 1.00. The van der Waals surface area contributed by atoms with Gasteiger partial charge in [-0.15, -0.1) is 0 Å². The van der Waals surface area contributed by atoms with Crippen LogP contribution in [0.5, 0.6) is 0 Å². The molecule has 66 valence electrons. The van der Waals surface area contributed by atoms with Gasteiger partial charge in [0, 0.05) is 1.37 Å². The van der Waals surface area contributed by atoms with Crippen LogP contribution in [0.15, 0.2) is 0 Å². The fourth-order valence-corrected chi connectivity index (χ4v) is 1.97. The second-order valence-corrected chi connectivity index (χ2v) is 4.91. The number of rotatable bonds is 1. The first-order valence-electron chi connectivity index (χ1n) is 5.36. The zero-order valence-corrected chi connectivity index (χ0v) is 8.41. The van der Waals surface area contributed by atoms with E-state index >= 15 is 0 Å². The van der Waals surface area contributed by atoms with Crippen molar-refractivity contribution in [3.8, 4) is 0 Å². The summed E-state index contributed by atoms with van der Waals surface area (Å²) in [4.78, 5) is 0. The zero-order valence-electron chi connectivity index (χ0n) is 9.41. The van der Waals surface area contributed by atoms with E-state index in [0.29, 0.717) is 5.92 Å². The summed E-state index contributed by atoms with van der Waals surface area (Å²) in [5, 5.41) is 0. The van der Waals surface area contributed by atoms with Gasteiger partial charge in [-0.1, -0.05) is 53.4 Å². The molecule has 0 aromatic heterocycles. The fourth-order valence-electron chi connectivity index (χ4n) is 1.97. The lowest BCUT2D eigenvalue weighted by atomic mass is 9.74. The molecule has 1 aliphatic carbocycles. The summed E-state index contributed by atoms with van der Waals surface area (Å²) < 4.78 is 8.37. The van der Waals surface area contributed by atoms with Gasteiger partial charge >= 0.3 is 0 Å². The van der Waals surface area contributed by atoms with E-state index in [9.17, 15) is 0 Å². The monoisotopic (exact) mass is 155 g/mol. The van der Waals surface area contributed by atoms with Crippen molar-refractivity contribution in [1.29, 1.82) is 0 Å². The summed E-state index contributed by atoms with van der Waals surface area (Å²) in [6.45, 7) is 8.69. The minimum absolute atomic E-state index is 0.127. The molecule has 0 saturated heterocycles. The first-order valence-corrected chi connectivity index (χ1v) is 4.86. The third kappa shape index (κ3) is 2.21. The van der Waals surface area contributed by atoms with Crippen LogP contribution < -0.4 is 0 Å². The summed E-state index contributed by atoms with van der Waals surface area (Å²) in [5.41, 5.74) is 0.127. The summed E-state index contributed by atoms with van der Waals surface area (Å²) in [7, 11) is 0. The van der Waals surface area contributed by atoms with Gasteiger partial charge in [0.25, 0.3) is 0 Å². The molecule has 1 aliphatic rings. The molecule has 0 heterocycles. The predicted octanol–water partition coefficient (Wildman–Crippen LogP) is 3.86. The maximum Gasteiger partial charge on any atom is 0.0308 e. The van der Waals surface area contributed by atoms with E-state index < -0.39 is 0 Å².